The summed E-state index contributed by atoms with van der Waals surface area (Å²) in [5.41, 5.74) is 1.63. The Morgan fingerprint density at radius 1 is 1.36 bits per heavy atom. The van der Waals surface area contributed by atoms with Crippen molar-refractivity contribution in [1.82, 2.24) is 30.3 Å². The van der Waals surface area contributed by atoms with Gasteiger partial charge in [-0.3, -0.25) is 9.59 Å². The number of carbonyl (C=O) groups excluding carboxylic acids is 2. The Kier molecular flexibility index (Phi) is 5.92. The first-order chi connectivity index (χ1) is 13.7. The highest BCUT2D eigenvalue weighted by atomic mass is 32.2. The molecule has 0 radical (unpaired) electrons. The van der Waals surface area contributed by atoms with Gasteiger partial charge in [-0.25, -0.2) is 9.67 Å². The van der Waals surface area contributed by atoms with Gasteiger partial charge in [0.05, 0.1) is 18.5 Å². The van der Waals surface area contributed by atoms with E-state index in [4.69, 9.17) is 0 Å². The molecule has 0 bridgehead atoms. The van der Waals surface area contributed by atoms with E-state index < -0.39 is 0 Å². The van der Waals surface area contributed by atoms with Crippen molar-refractivity contribution in [3.05, 3.63) is 48.0 Å². The van der Waals surface area contributed by atoms with Crippen molar-refractivity contribution in [1.29, 1.82) is 0 Å². The van der Waals surface area contributed by atoms with Crippen LogP contribution >= 0.6 is 11.8 Å². The van der Waals surface area contributed by atoms with Crippen LogP contribution in [0.5, 0.6) is 0 Å². The number of benzene rings is 1. The standard InChI is InChI=1S/C19H24N6O2S/c26-18(16-3-1-2-14(6-16)10-25-12-20-11-23-25)22-9-15-7-17(21-8-15)19(27)24-4-5-28-13-24/h1-3,6,11-12,15,17,21H,4-5,7-10,13H2,(H,22,26)/t15-,17-/m0/s1. The van der Waals surface area contributed by atoms with Crippen LogP contribution in [0, 0.1) is 5.92 Å². The third kappa shape index (κ3) is 4.53. The summed E-state index contributed by atoms with van der Waals surface area (Å²) in [6.07, 6.45) is 3.91. The van der Waals surface area contributed by atoms with Crippen molar-refractivity contribution in [3.8, 4) is 0 Å². The maximum atomic E-state index is 12.5. The molecule has 1 aromatic carbocycles. The fourth-order valence-electron chi connectivity index (χ4n) is 3.61. The summed E-state index contributed by atoms with van der Waals surface area (Å²) in [4.78, 5) is 30.9. The van der Waals surface area contributed by atoms with Gasteiger partial charge >= 0.3 is 0 Å². The van der Waals surface area contributed by atoms with Crippen LogP contribution in [-0.2, 0) is 11.3 Å². The molecule has 1 aromatic heterocycles. The molecule has 0 spiro atoms. The minimum atomic E-state index is -0.119. The molecule has 2 amide bonds. The molecular weight excluding hydrogens is 376 g/mol. The summed E-state index contributed by atoms with van der Waals surface area (Å²) in [7, 11) is 0. The summed E-state index contributed by atoms with van der Waals surface area (Å²) in [6, 6.07) is 7.41. The molecule has 2 N–H and O–H groups in total. The van der Waals surface area contributed by atoms with E-state index in [1.54, 1.807) is 22.8 Å². The van der Waals surface area contributed by atoms with Crippen LogP contribution in [0.2, 0.25) is 0 Å². The number of amides is 2. The van der Waals surface area contributed by atoms with Crippen LogP contribution in [0.15, 0.2) is 36.9 Å². The molecule has 2 saturated heterocycles. The zero-order valence-electron chi connectivity index (χ0n) is 15.6. The second-order valence-corrected chi connectivity index (χ2v) is 8.28. The first-order valence-electron chi connectivity index (χ1n) is 9.48. The Morgan fingerprint density at radius 2 is 2.29 bits per heavy atom. The average Bonchev–Trinajstić information content (AvgIpc) is 3.48. The predicted octanol–water partition coefficient (Wildman–Crippen LogP) is 0.567. The number of nitrogens with one attached hydrogen (secondary N) is 2. The summed E-state index contributed by atoms with van der Waals surface area (Å²) in [5.74, 6) is 2.19. The van der Waals surface area contributed by atoms with E-state index in [0.29, 0.717) is 18.7 Å². The van der Waals surface area contributed by atoms with Crippen molar-refractivity contribution in [2.24, 2.45) is 5.92 Å². The van der Waals surface area contributed by atoms with Gasteiger partial charge in [0.1, 0.15) is 12.7 Å². The molecule has 4 rings (SSSR count). The zero-order valence-corrected chi connectivity index (χ0v) is 16.4. The fraction of sp³-hybridized carbons (Fsp3) is 0.474. The van der Waals surface area contributed by atoms with Crippen LogP contribution in [-0.4, -0.2) is 68.8 Å². The van der Waals surface area contributed by atoms with Gasteiger partial charge in [0, 0.05) is 31.0 Å². The van der Waals surface area contributed by atoms with E-state index in [1.165, 1.54) is 6.33 Å². The van der Waals surface area contributed by atoms with Crippen LogP contribution in [0.25, 0.3) is 0 Å². The molecule has 8 nitrogen and oxygen atoms in total. The Bertz CT molecular complexity index is 822. The minimum absolute atomic E-state index is 0.0915. The van der Waals surface area contributed by atoms with Crippen molar-refractivity contribution in [3.63, 3.8) is 0 Å². The van der Waals surface area contributed by atoms with Gasteiger partial charge in [0.25, 0.3) is 5.91 Å². The number of carbonyl (C=O) groups is 2. The molecule has 2 fully saturated rings. The van der Waals surface area contributed by atoms with Crippen LogP contribution < -0.4 is 10.6 Å². The van der Waals surface area contributed by atoms with Crippen LogP contribution in [0.4, 0.5) is 0 Å². The molecule has 148 valence electrons. The molecule has 28 heavy (non-hydrogen) atoms. The Labute approximate surface area is 168 Å². The second kappa shape index (κ2) is 8.74. The predicted molar refractivity (Wildman–Crippen MR) is 107 cm³/mol. The number of thioether (sulfide) groups is 1. The zero-order chi connectivity index (χ0) is 19.3. The van der Waals surface area contributed by atoms with E-state index in [1.807, 2.05) is 29.2 Å². The first-order valence-corrected chi connectivity index (χ1v) is 10.6. The number of nitrogens with zero attached hydrogens (tertiary/aromatic N) is 4. The van der Waals surface area contributed by atoms with Gasteiger partial charge in [-0.2, -0.15) is 5.10 Å². The van der Waals surface area contributed by atoms with E-state index in [0.717, 1.165) is 36.7 Å². The molecule has 2 aliphatic heterocycles. The lowest BCUT2D eigenvalue weighted by molar-refractivity contribution is -0.131. The van der Waals surface area contributed by atoms with Gasteiger partial charge < -0.3 is 15.5 Å². The van der Waals surface area contributed by atoms with E-state index >= 15 is 0 Å². The van der Waals surface area contributed by atoms with Crippen LogP contribution in [0.3, 0.4) is 0 Å². The minimum Gasteiger partial charge on any atom is -0.352 e. The van der Waals surface area contributed by atoms with Crippen molar-refractivity contribution < 1.29 is 9.59 Å². The number of hydrogen-bond acceptors (Lipinski definition) is 6. The SMILES string of the molecule is O=C(NC[C@@H]1CN[C@H](C(=O)N2CCSC2)C1)c1cccc(Cn2cncn2)c1. The quantitative estimate of drug-likeness (QED) is 0.737. The molecule has 0 unspecified atom stereocenters. The van der Waals surface area contributed by atoms with E-state index in [9.17, 15) is 9.59 Å². The normalized spacial score (nSPS) is 21.8. The molecule has 2 aromatic rings. The topological polar surface area (TPSA) is 92.2 Å². The third-order valence-corrected chi connectivity index (χ3v) is 6.10. The molecule has 9 heteroatoms. The van der Waals surface area contributed by atoms with E-state index in [2.05, 4.69) is 20.7 Å². The highest BCUT2D eigenvalue weighted by Gasteiger charge is 2.33. The summed E-state index contributed by atoms with van der Waals surface area (Å²) >= 11 is 1.80. The smallest absolute Gasteiger partial charge is 0.251 e. The van der Waals surface area contributed by atoms with Crippen LogP contribution in [0.1, 0.15) is 22.3 Å². The largest absolute Gasteiger partial charge is 0.352 e. The summed E-state index contributed by atoms with van der Waals surface area (Å²) in [5, 5.41) is 10.4. The Balaban J connectivity index is 1.27. The number of rotatable bonds is 6. The third-order valence-electron chi connectivity index (χ3n) is 5.14. The average molecular weight is 401 g/mol. The molecule has 0 aliphatic carbocycles. The lowest BCUT2D eigenvalue weighted by Gasteiger charge is -2.19. The molecule has 3 heterocycles. The van der Waals surface area contributed by atoms with Crippen molar-refractivity contribution in [2.45, 2.75) is 19.0 Å². The second-order valence-electron chi connectivity index (χ2n) is 7.21. The molecule has 2 aliphatic rings. The molecular formula is C19H24N6O2S. The van der Waals surface area contributed by atoms with Crippen molar-refractivity contribution in [2.75, 3.05) is 31.3 Å². The van der Waals surface area contributed by atoms with Crippen molar-refractivity contribution >= 4 is 23.6 Å². The number of hydrogen-bond donors (Lipinski definition) is 2. The maximum Gasteiger partial charge on any atom is 0.251 e. The van der Waals surface area contributed by atoms with Gasteiger partial charge in [0.2, 0.25) is 5.91 Å². The van der Waals surface area contributed by atoms with Gasteiger partial charge in [-0.05, 0) is 30.0 Å². The monoisotopic (exact) mass is 400 g/mol. The lowest BCUT2D eigenvalue weighted by Crippen LogP contribution is -2.42. The summed E-state index contributed by atoms with van der Waals surface area (Å²) in [6.45, 7) is 2.74. The number of aromatic nitrogens is 3. The lowest BCUT2D eigenvalue weighted by atomic mass is 10.0. The highest BCUT2D eigenvalue weighted by Crippen LogP contribution is 2.20. The first kappa shape index (κ1) is 18.9. The highest BCUT2D eigenvalue weighted by molar-refractivity contribution is 7.99. The summed E-state index contributed by atoms with van der Waals surface area (Å²) < 4.78 is 1.72. The maximum absolute atomic E-state index is 12.5. The van der Waals surface area contributed by atoms with Gasteiger partial charge in [-0.15, -0.1) is 11.8 Å². The molecule has 2 atom stereocenters. The Morgan fingerprint density at radius 3 is 3.07 bits per heavy atom. The van der Waals surface area contributed by atoms with E-state index in [-0.39, 0.29) is 23.8 Å². The molecule has 0 saturated carbocycles. The fourth-order valence-corrected chi connectivity index (χ4v) is 4.57. The van der Waals surface area contributed by atoms with Gasteiger partial charge in [0.15, 0.2) is 0 Å². The Hall–Kier alpha value is -2.39. The van der Waals surface area contributed by atoms with Gasteiger partial charge in [-0.1, -0.05) is 12.1 Å².